The molecule has 3 heterocycles. The van der Waals surface area contributed by atoms with E-state index < -0.39 is 0 Å². The number of aromatic nitrogens is 2. The Morgan fingerprint density at radius 1 is 1.19 bits per heavy atom. The van der Waals surface area contributed by atoms with Crippen LogP contribution in [-0.4, -0.2) is 15.7 Å². The number of hydrogen-bond acceptors (Lipinski definition) is 3. The predicted molar refractivity (Wildman–Crippen MR) is 86.1 cm³/mol. The second kappa shape index (κ2) is 4.53. The minimum absolute atomic E-state index is 0.617. The van der Waals surface area contributed by atoms with E-state index >= 15 is 0 Å². The highest BCUT2D eigenvalue weighted by atomic mass is 32.1. The van der Waals surface area contributed by atoms with Crippen LogP contribution < -0.4 is 0 Å². The van der Waals surface area contributed by atoms with Crippen LogP contribution in [0, 0.1) is 6.92 Å². The summed E-state index contributed by atoms with van der Waals surface area (Å²) in [4.78, 5) is 15.7. The number of aryl methyl sites for hydroxylation is 1. The van der Waals surface area contributed by atoms with Gasteiger partial charge in [-0.3, -0.25) is 9.20 Å². The van der Waals surface area contributed by atoms with Gasteiger partial charge in [0.05, 0.1) is 5.69 Å². The normalized spacial score (nSPS) is 11.3. The van der Waals surface area contributed by atoms with Crippen LogP contribution in [0.4, 0.5) is 0 Å². The van der Waals surface area contributed by atoms with E-state index in [-0.39, 0.29) is 0 Å². The highest BCUT2D eigenvalue weighted by Crippen LogP contribution is 2.34. The number of imidazole rings is 1. The quantitative estimate of drug-likeness (QED) is 0.515. The van der Waals surface area contributed by atoms with E-state index in [0.717, 1.165) is 23.2 Å². The number of hydrogen-bond donors (Lipinski definition) is 0. The van der Waals surface area contributed by atoms with Crippen molar-refractivity contribution in [3.63, 3.8) is 0 Å². The van der Waals surface area contributed by atoms with Crippen LogP contribution in [0.5, 0.6) is 0 Å². The van der Waals surface area contributed by atoms with Gasteiger partial charge in [-0.15, -0.1) is 11.3 Å². The first-order valence-electron chi connectivity index (χ1n) is 6.68. The van der Waals surface area contributed by atoms with Crippen LogP contribution in [0.25, 0.3) is 26.9 Å². The van der Waals surface area contributed by atoms with Gasteiger partial charge in [0.15, 0.2) is 6.29 Å². The number of aldehydes is 1. The predicted octanol–water partition coefficient (Wildman–Crippen LogP) is 4.34. The average Bonchev–Trinajstić information content (AvgIpc) is 3.06. The molecule has 21 heavy (non-hydrogen) atoms. The summed E-state index contributed by atoms with van der Waals surface area (Å²) in [5.74, 6) is 0. The summed E-state index contributed by atoms with van der Waals surface area (Å²) in [5, 5.41) is 3.40. The molecule has 0 saturated heterocycles. The van der Waals surface area contributed by atoms with E-state index in [1.165, 1.54) is 15.6 Å². The smallest absolute Gasteiger partial charge is 0.168 e. The Morgan fingerprint density at radius 2 is 2.05 bits per heavy atom. The van der Waals surface area contributed by atoms with Gasteiger partial charge >= 0.3 is 0 Å². The molecule has 4 rings (SSSR count). The van der Waals surface area contributed by atoms with E-state index in [0.29, 0.717) is 5.69 Å². The molecule has 0 aliphatic heterocycles. The Bertz CT molecular complexity index is 981. The molecular formula is C17H12N2OS. The lowest BCUT2D eigenvalue weighted by Crippen LogP contribution is -1.92. The molecule has 0 bridgehead atoms. The van der Waals surface area contributed by atoms with Gasteiger partial charge in [-0.1, -0.05) is 18.2 Å². The van der Waals surface area contributed by atoms with Crippen molar-refractivity contribution in [3.05, 3.63) is 59.4 Å². The van der Waals surface area contributed by atoms with Crippen molar-refractivity contribution < 1.29 is 4.79 Å². The zero-order valence-corrected chi connectivity index (χ0v) is 12.2. The van der Waals surface area contributed by atoms with Gasteiger partial charge in [0, 0.05) is 21.8 Å². The topological polar surface area (TPSA) is 34.4 Å². The summed E-state index contributed by atoms with van der Waals surface area (Å²) in [6, 6.07) is 12.4. The fraction of sp³-hybridized carbons (Fsp3) is 0.0588. The van der Waals surface area contributed by atoms with Crippen LogP contribution in [0.1, 0.15) is 16.2 Å². The number of rotatable bonds is 2. The Labute approximate surface area is 125 Å². The molecule has 0 amide bonds. The molecule has 4 aromatic rings. The molecule has 3 nitrogen and oxygen atoms in total. The number of thiophene rings is 1. The summed E-state index contributed by atoms with van der Waals surface area (Å²) in [5.41, 5.74) is 4.47. The van der Waals surface area contributed by atoms with Crippen LogP contribution in [0.2, 0.25) is 0 Å². The fourth-order valence-electron chi connectivity index (χ4n) is 2.68. The minimum Gasteiger partial charge on any atom is -0.296 e. The maximum atomic E-state index is 11.3. The second-order valence-corrected chi connectivity index (χ2v) is 5.90. The molecule has 0 spiro atoms. The summed E-state index contributed by atoms with van der Waals surface area (Å²) in [7, 11) is 0. The average molecular weight is 292 g/mol. The molecule has 0 saturated carbocycles. The molecule has 0 unspecified atom stereocenters. The van der Waals surface area contributed by atoms with Crippen LogP contribution >= 0.6 is 11.3 Å². The molecule has 0 aliphatic carbocycles. The summed E-state index contributed by atoms with van der Waals surface area (Å²) in [6.07, 6.45) is 2.86. The lowest BCUT2D eigenvalue weighted by atomic mass is 10.1. The zero-order valence-electron chi connectivity index (χ0n) is 11.4. The standard InChI is InChI=1S/C17H12N2OS/c1-11-15(9-20)19-8-12(6-7-17(19)18-11)14-10-21-16-5-3-2-4-13(14)16/h2-10H,1H3. The highest BCUT2D eigenvalue weighted by Gasteiger charge is 2.11. The van der Waals surface area contributed by atoms with Gasteiger partial charge in [-0.05, 0) is 36.1 Å². The molecule has 3 aromatic heterocycles. The molecule has 0 aliphatic rings. The van der Waals surface area contributed by atoms with Gasteiger partial charge in [0.25, 0.3) is 0 Å². The van der Waals surface area contributed by atoms with Crippen LogP contribution in [0.15, 0.2) is 48.0 Å². The zero-order chi connectivity index (χ0) is 14.4. The van der Waals surface area contributed by atoms with Crippen molar-refractivity contribution in [2.24, 2.45) is 0 Å². The van der Waals surface area contributed by atoms with E-state index in [9.17, 15) is 4.79 Å². The number of fused-ring (bicyclic) bond motifs is 2. The Balaban J connectivity index is 2.00. The van der Waals surface area contributed by atoms with E-state index in [1.54, 1.807) is 11.3 Å². The van der Waals surface area contributed by atoms with Gasteiger partial charge in [-0.2, -0.15) is 0 Å². The molecule has 0 fully saturated rings. The van der Waals surface area contributed by atoms with Crippen molar-refractivity contribution in [1.82, 2.24) is 9.38 Å². The summed E-state index contributed by atoms with van der Waals surface area (Å²) < 4.78 is 3.13. The van der Waals surface area contributed by atoms with Crippen molar-refractivity contribution in [3.8, 4) is 11.1 Å². The van der Waals surface area contributed by atoms with Crippen molar-refractivity contribution >= 4 is 33.4 Å². The molecule has 1 aromatic carbocycles. The molecule has 4 heteroatoms. The first-order valence-corrected chi connectivity index (χ1v) is 7.56. The third-order valence-corrected chi connectivity index (χ3v) is 4.71. The minimum atomic E-state index is 0.617. The third-order valence-electron chi connectivity index (χ3n) is 3.74. The maximum Gasteiger partial charge on any atom is 0.168 e. The second-order valence-electron chi connectivity index (χ2n) is 4.99. The third kappa shape index (κ3) is 1.80. The van der Waals surface area contributed by atoms with Gasteiger partial charge in [0.2, 0.25) is 0 Å². The number of benzene rings is 1. The lowest BCUT2D eigenvalue weighted by molar-refractivity contribution is 0.111. The SMILES string of the molecule is Cc1nc2ccc(-c3csc4ccccc34)cn2c1C=O. The summed E-state index contributed by atoms with van der Waals surface area (Å²) >= 11 is 1.73. The maximum absolute atomic E-state index is 11.3. The molecule has 0 atom stereocenters. The first-order chi connectivity index (χ1) is 10.3. The van der Waals surface area contributed by atoms with Crippen molar-refractivity contribution in [2.45, 2.75) is 6.92 Å². The molecule has 102 valence electrons. The lowest BCUT2D eigenvalue weighted by Gasteiger charge is -2.02. The van der Waals surface area contributed by atoms with Gasteiger partial charge in [-0.25, -0.2) is 4.98 Å². The first kappa shape index (κ1) is 12.3. The highest BCUT2D eigenvalue weighted by molar-refractivity contribution is 7.17. The molecule has 0 N–H and O–H groups in total. The van der Waals surface area contributed by atoms with E-state index in [1.807, 2.05) is 23.6 Å². The van der Waals surface area contributed by atoms with Gasteiger partial charge < -0.3 is 0 Å². The van der Waals surface area contributed by atoms with Crippen LogP contribution in [0.3, 0.4) is 0 Å². The number of carbonyl (C=O) groups excluding carboxylic acids is 1. The Hall–Kier alpha value is -2.46. The number of carbonyl (C=O) groups is 1. The Kier molecular flexibility index (Phi) is 2.65. The van der Waals surface area contributed by atoms with Gasteiger partial charge in [0.1, 0.15) is 11.3 Å². The van der Waals surface area contributed by atoms with Crippen molar-refractivity contribution in [1.29, 1.82) is 0 Å². The van der Waals surface area contributed by atoms with E-state index in [2.05, 4.69) is 40.7 Å². The van der Waals surface area contributed by atoms with E-state index in [4.69, 9.17) is 0 Å². The molecular weight excluding hydrogens is 280 g/mol. The Morgan fingerprint density at radius 3 is 2.90 bits per heavy atom. The van der Waals surface area contributed by atoms with Crippen molar-refractivity contribution in [2.75, 3.05) is 0 Å². The largest absolute Gasteiger partial charge is 0.296 e. The molecule has 0 radical (unpaired) electrons. The summed E-state index contributed by atoms with van der Waals surface area (Å²) in [6.45, 7) is 1.86. The monoisotopic (exact) mass is 292 g/mol. The number of pyridine rings is 1. The van der Waals surface area contributed by atoms with Crippen LogP contribution in [-0.2, 0) is 0 Å². The fourth-order valence-corrected chi connectivity index (χ4v) is 3.65. The number of nitrogens with zero attached hydrogens (tertiary/aromatic N) is 2.